The molecule has 0 aliphatic carbocycles. The Morgan fingerprint density at radius 2 is 1.84 bits per heavy atom. The smallest absolute Gasteiger partial charge is 0.244 e. The summed E-state index contributed by atoms with van der Waals surface area (Å²) in [4.78, 5) is 25.9. The van der Waals surface area contributed by atoms with Crippen LogP contribution in [0, 0.1) is 13.8 Å². The summed E-state index contributed by atoms with van der Waals surface area (Å²) in [6.07, 6.45) is 0. The number of carbonyl (C=O) groups is 2. The molecule has 0 atom stereocenters. The molecule has 0 saturated carbocycles. The van der Waals surface area contributed by atoms with E-state index >= 15 is 0 Å². The van der Waals surface area contributed by atoms with Gasteiger partial charge in [0.1, 0.15) is 6.54 Å². The minimum Gasteiger partial charge on any atom is -0.454 e. The number of amides is 2. The molecule has 6 heteroatoms. The van der Waals surface area contributed by atoms with Crippen molar-refractivity contribution in [3.8, 4) is 11.5 Å². The van der Waals surface area contributed by atoms with Crippen LogP contribution in [0.15, 0.2) is 36.4 Å². The molecule has 6 nitrogen and oxygen atoms in total. The van der Waals surface area contributed by atoms with Gasteiger partial charge in [-0.15, -0.1) is 0 Å². The van der Waals surface area contributed by atoms with E-state index in [0.29, 0.717) is 17.2 Å². The largest absolute Gasteiger partial charge is 0.454 e. The van der Waals surface area contributed by atoms with Crippen LogP contribution in [0.2, 0.25) is 0 Å². The van der Waals surface area contributed by atoms with Crippen molar-refractivity contribution in [3.63, 3.8) is 0 Å². The number of carbonyl (C=O) groups excluding carboxylic acids is 2. The summed E-state index contributed by atoms with van der Waals surface area (Å²) in [5, 5.41) is 2.87. The second kappa shape index (κ2) is 6.84. The van der Waals surface area contributed by atoms with Gasteiger partial charge in [-0.3, -0.25) is 9.59 Å². The topological polar surface area (TPSA) is 67.9 Å². The summed E-state index contributed by atoms with van der Waals surface area (Å²) >= 11 is 0. The Morgan fingerprint density at radius 1 is 1.08 bits per heavy atom. The normalized spacial score (nSPS) is 12.0. The molecule has 0 fully saturated rings. The van der Waals surface area contributed by atoms with Crippen molar-refractivity contribution < 1.29 is 19.1 Å². The second-order valence-electron chi connectivity index (χ2n) is 6.01. The predicted molar refractivity (Wildman–Crippen MR) is 95.1 cm³/mol. The van der Waals surface area contributed by atoms with E-state index in [1.54, 1.807) is 18.2 Å². The lowest BCUT2D eigenvalue weighted by atomic mass is 10.1. The number of ether oxygens (including phenoxy) is 2. The first-order valence-corrected chi connectivity index (χ1v) is 7.99. The summed E-state index contributed by atoms with van der Waals surface area (Å²) in [6, 6.07) is 11.0. The molecule has 3 rings (SSSR count). The zero-order valence-corrected chi connectivity index (χ0v) is 14.5. The van der Waals surface area contributed by atoms with Gasteiger partial charge < -0.3 is 19.7 Å². The molecule has 1 aliphatic heterocycles. The standard InChI is InChI=1S/C19H20N2O4/c1-12-4-5-13(2)16(8-12)20-19(23)10-21(14(3)22)15-6-7-17-18(9-15)25-11-24-17/h4-9H,10-11H2,1-3H3,(H,20,23). The van der Waals surface area contributed by atoms with Gasteiger partial charge in [-0.25, -0.2) is 0 Å². The first kappa shape index (κ1) is 16.8. The average molecular weight is 340 g/mol. The number of anilines is 2. The highest BCUT2D eigenvalue weighted by molar-refractivity contribution is 6.02. The molecule has 0 bridgehead atoms. The van der Waals surface area contributed by atoms with Gasteiger partial charge >= 0.3 is 0 Å². The fraction of sp³-hybridized carbons (Fsp3) is 0.263. The number of rotatable bonds is 4. The lowest BCUT2D eigenvalue weighted by molar-refractivity contribution is -0.120. The lowest BCUT2D eigenvalue weighted by Gasteiger charge is -2.21. The van der Waals surface area contributed by atoms with Crippen LogP contribution >= 0.6 is 0 Å². The predicted octanol–water partition coefficient (Wildman–Crippen LogP) is 3.02. The molecule has 130 valence electrons. The van der Waals surface area contributed by atoms with Crippen molar-refractivity contribution in [1.29, 1.82) is 0 Å². The fourth-order valence-corrected chi connectivity index (χ4v) is 2.64. The van der Waals surface area contributed by atoms with E-state index in [-0.39, 0.29) is 25.2 Å². The Bertz CT molecular complexity index is 832. The highest BCUT2D eigenvalue weighted by Gasteiger charge is 2.20. The van der Waals surface area contributed by atoms with Crippen LogP contribution in [-0.4, -0.2) is 25.2 Å². The van der Waals surface area contributed by atoms with Gasteiger partial charge in [0.2, 0.25) is 18.6 Å². The third-order valence-electron chi connectivity index (χ3n) is 4.02. The highest BCUT2D eigenvalue weighted by Crippen LogP contribution is 2.35. The quantitative estimate of drug-likeness (QED) is 0.929. The van der Waals surface area contributed by atoms with Gasteiger partial charge in [-0.2, -0.15) is 0 Å². The number of benzene rings is 2. The van der Waals surface area contributed by atoms with Crippen molar-refractivity contribution in [1.82, 2.24) is 0 Å². The maximum Gasteiger partial charge on any atom is 0.244 e. The number of nitrogens with zero attached hydrogens (tertiary/aromatic N) is 1. The molecule has 1 N–H and O–H groups in total. The van der Waals surface area contributed by atoms with E-state index in [4.69, 9.17) is 9.47 Å². The van der Waals surface area contributed by atoms with Crippen molar-refractivity contribution in [3.05, 3.63) is 47.5 Å². The number of hydrogen-bond acceptors (Lipinski definition) is 4. The first-order chi connectivity index (χ1) is 11.9. The van der Waals surface area contributed by atoms with Crippen molar-refractivity contribution >= 4 is 23.2 Å². The monoisotopic (exact) mass is 340 g/mol. The summed E-state index contributed by atoms with van der Waals surface area (Å²) < 4.78 is 10.6. The van der Waals surface area contributed by atoms with Crippen LogP contribution in [-0.2, 0) is 9.59 Å². The molecule has 0 aromatic heterocycles. The van der Waals surface area contributed by atoms with Crippen LogP contribution in [0.4, 0.5) is 11.4 Å². The minimum atomic E-state index is -0.262. The zero-order valence-electron chi connectivity index (χ0n) is 14.5. The Labute approximate surface area is 146 Å². The van der Waals surface area contributed by atoms with E-state index in [0.717, 1.165) is 16.8 Å². The van der Waals surface area contributed by atoms with Gasteiger partial charge in [-0.05, 0) is 43.2 Å². The second-order valence-corrected chi connectivity index (χ2v) is 6.01. The fourth-order valence-electron chi connectivity index (χ4n) is 2.64. The number of aryl methyl sites for hydroxylation is 2. The van der Waals surface area contributed by atoms with E-state index in [1.807, 2.05) is 32.0 Å². The van der Waals surface area contributed by atoms with Gasteiger partial charge in [-0.1, -0.05) is 12.1 Å². The Balaban J connectivity index is 1.77. The van der Waals surface area contributed by atoms with Crippen molar-refractivity contribution in [2.24, 2.45) is 0 Å². The molecule has 2 aromatic carbocycles. The van der Waals surface area contributed by atoms with Crippen LogP contribution in [0.5, 0.6) is 11.5 Å². The molecule has 25 heavy (non-hydrogen) atoms. The molecule has 2 amide bonds. The summed E-state index contributed by atoms with van der Waals surface area (Å²) in [5.41, 5.74) is 3.36. The van der Waals surface area contributed by atoms with E-state index < -0.39 is 0 Å². The van der Waals surface area contributed by atoms with Crippen LogP contribution < -0.4 is 19.7 Å². The van der Waals surface area contributed by atoms with Crippen LogP contribution in [0.3, 0.4) is 0 Å². The Morgan fingerprint density at radius 3 is 2.60 bits per heavy atom. The molecular formula is C19H20N2O4. The van der Waals surface area contributed by atoms with E-state index in [1.165, 1.54) is 11.8 Å². The van der Waals surface area contributed by atoms with E-state index in [2.05, 4.69) is 5.32 Å². The van der Waals surface area contributed by atoms with Gasteiger partial charge in [0, 0.05) is 24.4 Å². The van der Waals surface area contributed by atoms with Crippen molar-refractivity contribution in [2.75, 3.05) is 23.6 Å². The molecule has 2 aromatic rings. The summed E-state index contributed by atoms with van der Waals surface area (Å²) in [7, 11) is 0. The van der Waals surface area contributed by atoms with Crippen LogP contribution in [0.1, 0.15) is 18.1 Å². The van der Waals surface area contributed by atoms with Gasteiger partial charge in [0.15, 0.2) is 11.5 Å². The van der Waals surface area contributed by atoms with Crippen LogP contribution in [0.25, 0.3) is 0 Å². The molecule has 1 heterocycles. The molecule has 0 radical (unpaired) electrons. The Hall–Kier alpha value is -3.02. The Kier molecular flexibility index (Phi) is 4.61. The van der Waals surface area contributed by atoms with E-state index in [9.17, 15) is 9.59 Å². The zero-order chi connectivity index (χ0) is 18.0. The molecular weight excluding hydrogens is 320 g/mol. The SMILES string of the molecule is CC(=O)N(CC(=O)Nc1cc(C)ccc1C)c1ccc2c(c1)OCO2. The maximum atomic E-state index is 12.4. The molecule has 0 saturated heterocycles. The minimum absolute atomic E-state index is 0.0810. The summed E-state index contributed by atoms with van der Waals surface area (Å²) in [5.74, 6) is 0.710. The third-order valence-corrected chi connectivity index (χ3v) is 4.02. The maximum absolute atomic E-state index is 12.4. The van der Waals surface area contributed by atoms with Crippen molar-refractivity contribution in [2.45, 2.75) is 20.8 Å². The number of nitrogens with one attached hydrogen (secondary N) is 1. The highest BCUT2D eigenvalue weighted by atomic mass is 16.7. The van der Waals surface area contributed by atoms with Gasteiger partial charge in [0.05, 0.1) is 0 Å². The van der Waals surface area contributed by atoms with Gasteiger partial charge in [0.25, 0.3) is 0 Å². The summed E-state index contributed by atoms with van der Waals surface area (Å²) in [6.45, 7) is 5.39. The number of hydrogen-bond donors (Lipinski definition) is 1. The molecule has 0 spiro atoms. The number of fused-ring (bicyclic) bond motifs is 1. The lowest BCUT2D eigenvalue weighted by Crippen LogP contribution is -2.36. The molecule has 1 aliphatic rings. The third kappa shape index (κ3) is 3.74. The molecule has 0 unspecified atom stereocenters. The first-order valence-electron chi connectivity index (χ1n) is 7.99. The average Bonchev–Trinajstić information content (AvgIpc) is 3.03.